The molecular formula is C34H29BrN4O8. The summed E-state index contributed by atoms with van der Waals surface area (Å²) in [5.74, 6) is -0.702. The van der Waals surface area contributed by atoms with Crippen molar-refractivity contribution in [2.24, 2.45) is 0 Å². The first-order chi connectivity index (χ1) is 22.6. The van der Waals surface area contributed by atoms with Crippen LogP contribution in [0.4, 0.5) is 11.4 Å². The summed E-state index contributed by atoms with van der Waals surface area (Å²) >= 11 is 3.22. The summed E-state index contributed by atoms with van der Waals surface area (Å²) in [6.45, 7) is 0.482. The molecule has 13 heteroatoms. The number of benzene rings is 4. The summed E-state index contributed by atoms with van der Waals surface area (Å²) in [6, 6.07) is 27.7. The van der Waals surface area contributed by atoms with Gasteiger partial charge in [-0.1, -0.05) is 52.3 Å². The van der Waals surface area contributed by atoms with Gasteiger partial charge in [0.25, 0.3) is 11.4 Å². The Bertz CT molecular complexity index is 2050. The van der Waals surface area contributed by atoms with Crippen molar-refractivity contribution in [3.63, 3.8) is 0 Å². The predicted octanol–water partition coefficient (Wildman–Crippen LogP) is 7.83. The fraction of sp³-hybridized carbons (Fsp3) is 0.118. The first kappa shape index (κ1) is 34.1. The third kappa shape index (κ3) is 8.89. The van der Waals surface area contributed by atoms with Crippen LogP contribution in [0.25, 0.3) is 21.8 Å². The van der Waals surface area contributed by atoms with Gasteiger partial charge in [-0.2, -0.15) is 0 Å². The van der Waals surface area contributed by atoms with Crippen molar-refractivity contribution in [1.82, 2.24) is 9.55 Å². The summed E-state index contributed by atoms with van der Waals surface area (Å²) in [6.07, 6.45) is 3.73. The van der Waals surface area contributed by atoms with Gasteiger partial charge in [-0.05, 0) is 58.3 Å². The number of rotatable bonds is 7. The van der Waals surface area contributed by atoms with Crippen LogP contribution in [-0.4, -0.2) is 45.6 Å². The quantitative estimate of drug-likeness (QED) is 0.0763. The normalized spacial score (nSPS) is 10.3. The lowest BCUT2D eigenvalue weighted by atomic mass is 10.1. The largest absolute Gasteiger partial charge is 0.465 e. The molecule has 6 rings (SSSR count). The summed E-state index contributed by atoms with van der Waals surface area (Å²) in [7, 11) is 2.72. The molecule has 47 heavy (non-hydrogen) atoms. The van der Waals surface area contributed by atoms with E-state index in [1.54, 1.807) is 48.5 Å². The number of non-ortho nitro benzene ring substituents is 2. The lowest BCUT2D eigenvalue weighted by Crippen LogP contribution is -2.02. The van der Waals surface area contributed by atoms with Crippen LogP contribution in [-0.2, 0) is 21.3 Å². The molecule has 0 unspecified atom stereocenters. The number of hydrogen-bond donors (Lipinski definition) is 1. The van der Waals surface area contributed by atoms with E-state index in [4.69, 9.17) is 4.74 Å². The lowest BCUT2D eigenvalue weighted by molar-refractivity contribution is -0.385. The maximum atomic E-state index is 11.7. The SMILES string of the molecule is COC(=O)c1ccc2cc[nH]c2c1.COC(=O)c1ccc2ccn(Cc3cccc([N+](=O)[O-])c3)c2c1.O=[N+]([O-])c1cccc(CBr)c1. The van der Waals surface area contributed by atoms with Gasteiger partial charge in [0.1, 0.15) is 0 Å². The first-order valence-corrected chi connectivity index (χ1v) is 15.1. The molecule has 6 aromatic rings. The molecule has 2 heterocycles. The van der Waals surface area contributed by atoms with Crippen LogP contribution in [0.3, 0.4) is 0 Å². The Labute approximate surface area is 277 Å². The van der Waals surface area contributed by atoms with Crippen molar-refractivity contribution >= 4 is 61.0 Å². The molecule has 0 fully saturated rings. The van der Waals surface area contributed by atoms with Gasteiger partial charge in [-0.15, -0.1) is 0 Å². The molecule has 0 aliphatic heterocycles. The van der Waals surface area contributed by atoms with Crippen LogP contribution in [0, 0.1) is 20.2 Å². The zero-order chi connectivity index (χ0) is 33.9. The predicted molar refractivity (Wildman–Crippen MR) is 181 cm³/mol. The minimum atomic E-state index is -0.410. The number of carbonyl (C=O) groups excluding carboxylic acids is 2. The Morgan fingerprint density at radius 1 is 0.745 bits per heavy atom. The topological polar surface area (TPSA) is 160 Å². The number of esters is 2. The van der Waals surface area contributed by atoms with Gasteiger partial charge in [0.2, 0.25) is 0 Å². The van der Waals surface area contributed by atoms with E-state index < -0.39 is 15.8 Å². The van der Waals surface area contributed by atoms with E-state index in [-0.39, 0.29) is 17.3 Å². The van der Waals surface area contributed by atoms with E-state index in [1.807, 2.05) is 53.4 Å². The highest BCUT2D eigenvalue weighted by atomic mass is 79.9. The highest BCUT2D eigenvalue weighted by molar-refractivity contribution is 9.08. The van der Waals surface area contributed by atoms with Crippen molar-refractivity contribution in [2.75, 3.05) is 14.2 Å². The lowest BCUT2D eigenvalue weighted by Gasteiger charge is -2.07. The smallest absolute Gasteiger partial charge is 0.337 e. The molecule has 0 bridgehead atoms. The molecule has 0 aliphatic carbocycles. The van der Waals surface area contributed by atoms with Crippen LogP contribution < -0.4 is 0 Å². The van der Waals surface area contributed by atoms with Gasteiger partial charge < -0.3 is 19.0 Å². The van der Waals surface area contributed by atoms with E-state index in [1.165, 1.54) is 26.4 Å². The molecule has 0 saturated carbocycles. The molecule has 0 spiro atoms. The standard InChI is InChI=1S/C17H14N2O4.C10H9NO2.C7H6BrNO2/c1-23-17(20)14-6-5-13-7-8-18(16(13)10-14)11-12-3-2-4-15(9-12)19(21)22;1-13-10(12)8-3-2-7-4-5-11-9(7)6-8;8-5-6-2-1-3-7(4-6)9(10)11/h2-10H,11H2,1H3;2-6,11H,1H3;1-4H,5H2. The number of carbonyl (C=O) groups is 2. The third-order valence-corrected chi connectivity index (χ3v) is 7.57. The third-order valence-electron chi connectivity index (χ3n) is 6.92. The number of aromatic nitrogens is 2. The number of hydrogen-bond acceptors (Lipinski definition) is 8. The van der Waals surface area contributed by atoms with E-state index in [2.05, 4.69) is 25.7 Å². The maximum absolute atomic E-state index is 11.7. The number of H-pyrrole nitrogens is 1. The molecular weight excluding hydrogens is 672 g/mol. The molecule has 0 amide bonds. The van der Waals surface area contributed by atoms with Crippen molar-refractivity contribution < 1.29 is 28.9 Å². The van der Waals surface area contributed by atoms with Gasteiger partial charge in [0.15, 0.2) is 0 Å². The molecule has 0 saturated heterocycles. The molecule has 12 nitrogen and oxygen atoms in total. The Morgan fingerprint density at radius 3 is 1.91 bits per heavy atom. The Kier molecular flexibility index (Phi) is 11.6. The average molecular weight is 702 g/mol. The monoisotopic (exact) mass is 700 g/mol. The summed E-state index contributed by atoms with van der Waals surface area (Å²) in [5, 5.41) is 23.9. The Hall–Kier alpha value is -5.82. The molecule has 0 aliphatic rings. The molecule has 2 aromatic heterocycles. The van der Waals surface area contributed by atoms with Crippen molar-refractivity contribution in [3.8, 4) is 0 Å². The minimum absolute atomic E-state index is 0.0641. The van der Waals surface area contributed by atoms with Crippen molar-refractivity contribution in [2.45, 2.75) is 11.9 Å². The van der Waals surface area contributed by atoms with Crippen LogP contribution >= 0.6 is 15.9 Å². The fourth-order valence-electron chi connectivity index (χ4n) is 4.58. The molecule has 240 valence electrons. The van der Waals surface area contributed by atoms with E-state index in [0.29, 0.717) is 23.0 Å². The number of ether oxygens (including phenoxy) is 2. The van der Waals surface area contributed by atoms with Crippen LogP contribution in [0.15, 0.2) is 109 Å². The maximum Gasteiger partial charge on any atom is 0.337 e. The van der Waals surface area contributed by atoms with Crippen LogP contribution in [0.5, 0.6) is 0 Å². The van der Waals surface area contributed by atoms with Gasteiger partial charge in [0, 0.05) is 59.6 Å². The van der Waals surface area contributed by atoms with Crippen molar-refractivity contribution in [1.29, 1.82) is 0 Å². The Balaban J connectivity index is 0.000000176. The van der Waals surface area contributed by atoms with E-state index >= 15 is 0 Å². The van der Waals surface area contributed by atoms with Gasteiger partial charge in [0.05, 0.1) is 35.2 Å². The zero-order valence-corrected chi connectivity index (χ0v) is 26.9. The van der Waals surface area contributed by atoms with E-state index in [0.717, 1.165) is 32.9 Å². The highest BCUT2D eigenvalue weighted by Crippen LogP contribution is 2.21. The number of alkyl halides is 1. The number of aromatic amines is 1. The highest BCUT2D eigenvalue weighted by Gasteiger charge is 2.11. The second-order valence-corrected chi connectivity index (χ2v) is 10.5. The fourth-order valence-corrected chi connectivity index (χ4v) is 4.93. The number of halogens is 1. The van der Waals surface area contributed by atoms with Crippen LogP contribution in [0.2, 0.25) is 0 Å². The molecule has 1 N–H and O–H groups in total. The summed E-state index contributed by atoms with van der Waals surface area (Å²) < 4.78 is 11.3. The molecule has 0 radical (unpaired) electrons. The van der Waals surface area contributed by atoms with Crippen LogP contribution in [0.1, 0.15) is 31.8 Å². The van der Waals surface area contributed by atoms with Gasteiger partial charge in [-0.3, -0.25) is 20.2 Å². The minimum Gasteiger partial charge on any atom is -0.465 e. The van der Waals surface area contributed by atoms with Gasteiger partial charge in [-0.25, -0.2) is 9.59 Å². The number of nitrogens with zero attached hydrogens (tertiary/aromatic N) is 3. The number of fused-ring (bicyclic) bond motifs is 2. The number of nitro groups is 2. The number of nitro benzene ring substituents is 2. The second-order valence-electron chi connectivity index (χ2n) is 9.97. The Morgan fingerprint density at radius 2 is 1.32 bits per heavy atom. The molecule has 0 atom stereocenters. The molecule has 4 aromatic carbocycles. The first-order valence-electron chi connectivity index (χ1n) is 14.0. The second kappa shape index (κ2) is 16.0. The summed E-state index contributed by atoms with van der Waals surface area (Å²) in [5.41, 5.74) is 4.80. The van der Waals surface area contributed by atoms with Crippen molar-refractivity contribution in [3.05, 3.63) is 152 Å². The number of methoxy groups -OCH3 is 2. The number of nitrogens with one attached hydrogen (secondary N) is 1. The average Bonchev–Trinajstić information content (AvgIpc) is 3.74. The van der Waals surface area contributed by atoms with Gasteiger partial charge >= 0.3 is 11.9 Å². The van der Waals surface area contributed by atoms with E-state index in [9.17, 15) is 29.8 Å². The zero-order valence-electron chi connectivity index (χ0n) is 25.3. The summed E-state index contributed by atoms with van der Waals surface area (Å²) in [4.78, 5) is 46.2.